The number of ketones is 1. The first kappa shape index (κ1) is 9.99. The van der Waals surface area contributed by atoms with Gasteiger partial charge in [-0.25, -0.2) is 4.39 Å². The zero-order valence-electron chi connectivity index (χ0n) is 7.23. The highest BCUT2D eigenvalue weighted by molar-refractivity contribution is 6.32. The number of benzene rings is 1. The molecule has 0 atom stereocenters. The van der Waals surface area contributed by atoms with Crippen molar-refractivity contribution in [3.63, 3.8) is 0 Å². The third kappa shape index (κ3) is 1.98. The van der Waals surface area contributed by atoms with E-state index in [1.807, 2.05) is 0 Å². The Morgan fingerprint density at radius 1 is 1.54 bits per heavy atom. The number of methoxy groups -OCH3 is 1. The van der Waals surface area contributed by atoms with Crippen LogP contribution in [0, 0.1) is 5.82 Å². The fraction of sp³-hybridized carbons (Fsp3) is 0.222. The molecule has 0 aliphatic carbocycles. The van der Waals surface area contributed by atoms with Gasteiger partial charge in [0.1, 0.15) is 16.6 Å². The van der Waals surface area contributed by atoms with Crippen molar-refractivity contribution >= 4 is 17.4 Å². The molecule has 70 valence electrons. The van der Waals surface area contributed by atoms with Crippen LogP contribution in [-0.2, 0) is 0 Å². The Balaban J connectivity index is 3.30. The van der Waals surface area contributed by atoms with Crippen LogP contribution in [0.5, 0.6) is 5.75 Å². The minimum Gasteiger partial charge on any atom is -0.495 e. The van der Waals surface area contributed by atoms with Crippen molar-refractivity contribution in [3.05, 3.63) is 28.5 Å². The maximum atomic E-state index is 13.0. The fourth-order valence-electron chi connectivity index (χ4n) is 0.916. The maximum absolute atomic E-state index is 13.0. The number of carbonyl (C=O) groups is 1. The number of Topliss-reactive ketones (excluding diaryl/α,β-unsaturated/α-hetero) is 1. The summed E-state index contributed by atoms with van der Waals surface area (Å²) >= 11 is 5.56. The predicted octanol–water partition coefficient (Wildman–Crippen LogP) is 2.69. The van der Waals surface area contributed by atoms with Crippen molar-refractivity contribution in [1.82, 2.24) is 0 Å². The molecule has 0 aromatic heterocycles. The summed E-state index contributed by atoms with van der Waals surface area (Å²) in [5.41, 5.74) is 0.249. The summed E-state index contributed by atoms with van der Waals surface area (Å²) < 4.78 is 17.8. The summed E-state index contributed by atoms with van der Waals surface area (Å²) in [5.74, 6) is -0.702. The SMILES string of the molecule is COc1cc(C(C)=O)cc(F)c1Cl. The summed E-state index contributed by atoms with van der Waals surface area (Å²) in [6, 6.07) is 2.50. The van der Waals surface area contributed by atoms with Gasteiger partial charge >= 0.3 is 0 Å². The van der Waals surface area contributed by atoms with Crippen LogP contribution in [0.3, 0.4) is 0 Å². The van der Waals surface area contributed by atoms with Gasteiger partial charge in [0.15, 0.2) is 5.78 Å². The lowest BCUT2D eigenvalue weighted by atomic mass is 10.1. The molecular weight excluding hydrogens is 195 g/mol. The lowest BCUT2D eigenvalue weighted by molar-refractivity contribution is 0.101. The summed E-state index contributed by atoms with van der Waals surface area (Å²) in [6.45, 7) is 1.35. The van der Waals surface area contributed by atoms with Gasteiger partial charge in [-0.1, -0.05) is 11.6 Å². The average Bonchev–Trinajstić information content (AvgIpc) is 2.09. The van der Waals surface area contributed by atoms with Crippen molar-refractivity contribution in [2.75, 3.05) is 7.11 Å². The Morgan fingerprint density at radius 3 is 2.62 bits per heavy atom. The second kappa shape index (κ2) is 3.75. The van der Waals surface area contributed by atoms with Crippen LogP contribution >= 0.6 is 11.6 Å². The molecule has 4 heteroatoms. The number of rotatable bonds is 2. The predicted molar refractivity (Wildman–Crippen MR) is 48.0 cm³/mol. The second-order valence-corrected chi connectivity index (χ2v) is 2.91. The Kier molecular flexibility index (Phi) is 2.88. The van der Waals surface area contributed by atoms with E-state index in [-0.39, 0.29) is 22.1 Å². The molecule has 1 aromatic rings. The Morgan fingerprint density at radius 2 is 2.15 bits per heavy atom. The zero-order valence-corrected chi connectivity index (χ0v) is 7.98. The highest BCUT2D eigenvalue weighted by Crippen LogP contribution is 2.28. The van der Waals surface area contributed by atoms with Crippen LogP contribution in [0.25, 0.3) is 0 Å². The van der Waals surface area contributed by atoms with E-state index in [9.17, 15) is 9.18 Å². The van der Waals surface area contributed by atoms with E-state index in [1.165, 1.54) is 20.1 Å². The van der Waals surface area contributed by atoms with Gasteiger partial charge < -0.3 is 4.74 Å². The van der Waals surface area contributed by atoms with Crippen molar-refractivity contribution in [2.24, 2.45) is 0 Å². The molecule has 0 aliphatic rings. The van der Waals surface area contributed by atoms with Crippen molar-refractivity contribution in [2.45, 2.75) is 6.92 Å². The second-order valence-electron chi connectivity index (χ2n) is 2.53. The topological polar surface area (TPSA) is 26.3 Å². The van der Waals surface area contributed by atoms with Gasteiger partial charge in [-0.15, -0.1) is 0 Å². The van der Waals surface area contributed by atoms with Gasteiger partial charge in [0, 0.05) is 5.56 Å². The summed E-state index contributed by atoms with van der Waals surface area (Å²) in [6.07, 6.45) is 0. The quantitative estimate of drug-likeness (QED) is 0.690. The highest BCUT2D eigenvalue weighted by Gasteiger charge is 2.11. The summed E-state index contributed by atoms with van der Waals surface area (Å²) in [5, 5.41) is -0.104. The van der Waals surface area contributed by atoms with E-state index >= 15 is 0 Å². The fourth-order valence-corrected chi connectivity index (χ4v) is 1.10. The van der Waals surface area contributed by atoms with E-state index < -0.39 is 5.82 Å². The van der Waals surface area contributed by atoms with Gasteiger partial charge in [-0.05, 0) is 19.1 Å². The van der Waals surface area contributed by atoms with Crippen molar-refractivity contribution in [3.8, 4) is 5.75 Å². The van der Waals surface area contributed by atoms with E-state index in [4.69, 9.17) is 16.3 Å². The van der Waals surface area contributed by atoms with Crippen LogP contribution in [0.1, 0.15) is 17.3 Å². The molecule has 2 nitrogen and oxygen atoms in total. The van der Waals surface area contributed by atoms with Crippen molar-refractivity contribution in [1.29, 1.82) is 0 Å². The van der Waals surface area contributed by atoms with Crippen LogP contribution in [0.4, 0.5) is 4.39 Å². The van der Waals surface area contributed by atoms with Crippen molar-refractivity contribution < 1.29 is 13.9 Å². The molecule has 0 radical (unpaired) electrons. The molecule has 0 fully saturated rings. The molecule has 1 rings (SSSR count). The van der Waals surface area contributed by atoms with Crippen LogP contribution in [0.15, 0.2) is 12.1 Å². The molecule has 13 heavy (non-hydrogen) atoms. The minimum atomic E-state index is -0.647. The minimum absolute atomic E-state index is 0.104. The number of carbonyl (C=O) groups excluding carboxylic acids is 1. The molecule has 0 N–H and O–H groups in total. The molecule has 0 saturated heterocycles. The van der Waals surface area contributed by atoms with Gasteiger partial charge in [-0.2, -0.15) is 0 Å². The molecular formula is C9H8ClFO2. The smallest absolute Gasteiger partial charge is 0.160 e. The van der Waals surface area contributed by atoms with E-state index in [0.717, 1.165) is 6.07 Å². The van der Waals surface area contributed by atoms with Crippen LogP contribution in [-0.4, -0.2) is 12.9 Å². The number of ether oxygens (including phenoxy) is 1. The summed E-state index contributed by atoms with van der Waals surface area (Å²) in [7, 11) is 1.37. The largest absolute Gasteiger partial charge is 0.495 e. The Bertz CT molecular complexity index is 350. The monoisotopic (exact) mass is 202 g/mol. The number of hydrogen-bond donors (Lipinski definition) is 0. The van der Waals surface area contributed by atoms with Crippen LogP contribution < -0.4 is 4.74 Å². The highest BCUT2D eigenvalue weighted by atomic mass is 35.5. The zero-order chi connectivity index (χ0) is 10.0. The molecule has 0 unspecified atom stereocenters. The maximum Gasteiger partial charge on any atom is 0.160 e. The third-order valence-corrected chi connectivity index (χ3v) is 1.99. The third-order valence-electron chi connectivity index (χ3n) is 1.62. The van der Waals surface area contributed by atoms with Gasteiger partial charge in [-0.3, -0.25) is 4.79 Å². The Hall–Kier alpha value is -1.09. The molecule has 0 bridgehead atoms. The van der Waals surface area contributed by atoms with E-state index in [2.05, 4.69) is 0 Å². The van der Waals surface area contributed by atoms with E-state index in [1.54, 1.807) is 0 Å². The molecule has 0 amide bonds. The lowest BCUT2D eigenvalue weighted by Crippen LogP contribution is -1.96. The standard InChI is InChI=1S/C9H8ClFO2/c1-5(12)6-3-7(11)9(10)8(4-6)13-2/h3-4H,1-2H3. The molecule has 0 heterocycles. The first-order chi connectivity index (χ1) is 6.06. The summed E-state index contributed by atoms with van der Waals surface area (Å²) in [4.78, 5) is 10.9. The first-order valence-electron chi connectivity index (χ1n) is 3.60. The lowest BCUT2D eigenvalue weighted by Gasteiger charge is -2.05. The van der Waals surface area contributed by atoms with E-state index in [0.29, 0.717) is 0 Å². The normalized spacial score (nSPS) is 9.85. The van der Waals surface area contributed by atoms with Gasteiger partial charge in [0.25, 0.3) is 0 Å². The molecule has 0 saturated carbocycles. The first-order valence-corrected chi connectivity index (χ1v) is 3.98. The van der Waals surface area contributed by atoms with Gasteiger partial charge in [0.05, 0.1) is 7.11 Å². The number of halogens is 2. The van der Waals surface area contributed by atoms with Gasteiger partial charge in [0.2, 0.25) is 0 Å². The molecule has 1 aromatic carbocycles. The average molecular weight is 203 g/mol. The molecule has 0 spiro atoms. The number of hydrogen-bond acceptors (Lipinski definition) is 2. The molecule has 0 aliphatic heterocycles. The Labute approximate surface area is 80.3 Å². The van der Waals surface area contributed by atoms with Crippen LogP contribution in [0.2, 0.25) is 5.02 Å².